The largest absolute Gasteiger partial charge is 0.478 e. The van der Waals surface area contributed by atoms with E-state index < -0.39 is 5.97 Å². The summed E-state index contributed by atoms with van der Waals surface area (Å²) in [4.78, 5) is 13.7. The number of aromatic nitrogens is 1. The summed E-state index contributed by atoms with van der Waals surface area (Å²) in [5, 5.41) is 8.82. The first kappa shape index (κ1) is 10.1. The molecule has 0 saturated carbocycles. The highest BCUT2D eigenvalue weighted by molar-refractivity contribution is 5.92. The second-order valence-electron chi connectivity index (χ2n) is 2.91. The van der Waals surface area contributed by atoms with E-state index in [-0.39, 0.29) is 12.0 Å². The molecule has 1 aromatic rings. The molecule has 0 radical (unpaired) electrons. The van der Waals surface area contributed by atoms with Crippen LogP contribution < -0.4 is 0 Å². The number of H-pyrrole nitrogens is 1. The number of aromatic amines is 1. The molecule has 3 nitrogen and oxygen atoms in total. The van der Waals surface area contributed by atoms with Crippen molar-refractivity contribution in [2.24, 2.45) is 0 Å². The number of nitrogens with one attached hydrogen (secondary N) is 1. The number of carboxylic acids is 1. The zero-order chi connectivity index (χ0) is 10.6. The third-order valence-corrected chi connectivity index (χ3v) is 1.89. The Balaban J connectivity index is 3.00. The van der Waals surface area contributed by atoms with Gasteiger partial charge in [-0.3, -0.25) is 0 Å². The van der Waals surface area contributed by atoms with E-state index in [4.69, 9.17) is 11.5 Å². The average Bonchev–Trinajstić information content (AvgIpc) is 2.51. The van der Waals surface area contributed by atoms with Crippen LogP contribution in [0.25, 0.3) is 6.08 Å². The van der Waals surface area contributed by atoms with Gasteiger partial charge in [-0.15, -0.1) is 12.3 Å². The Kier molecular flexibility index (Phi) is 3.14. The molecule has 0 bridgehead atoms. The Morgan fingerprint density at radius 3 is 2.93 bits per heavy atom. The van der Waals surface area contributed by atoms with Crippen LogP contribution in [0.3, 0.4) is 0 Å². The molecule has 0 aliphatic rings. The summed E-state index contributed by atoms with van der Waals surface area (Å²) < 4.78 is 0. The lowest BCUT2D eigenvalue weighted by Gasteiger charge is -1.96. The molecule has 0 amide bonds. The van der Waals surface area contributed by atoms with Gasteiger partial charge in [-0.05, 0) is 24.6 Å². The molecule has 0 fully saturated rings. The van der Waals surface area contributed by atoms with Crippen LogP contribution in [0, 0.1) is 19.3 Å². The van der Waals surface area contributed by atoms with Crippen LogP contribution in [0.15, 0.2) is 17.8 Å². The van der Waals surface area contributed by atoms with Crippen molar-refractivity contribution in [1.82, 2.24) is 4.98 Å². The van der Waals surface area contributed by atoms with Crippen LogP contribution in [-0.4, -0.2) is 16.1 Å². The Labute approximate surface area is 82.5 Å². The SMILES string of the molecule is C#CC/C(=C\c1cc[nH]c1C)C(=O)O. The van der Waals surface area contributed by atoms with Crippen molar-refractivity contribution >= 4 is 12.0 Å². The highest BCUT2D eigenvalue weighted by Crippen LogP contribution is 2.12. The number of terminal acetylenes is 1. The third kappa shape index (κ3) is 2.27. The van der Waals surface area contributed by atoms with E-state index in [1.54, 1.807) is 12.3 Å². The lowest BCUT2D eigenvalue weighted by atomic mass is 10.1. The minimum atomic E-state index is -0.969. The second-order valence-corrected chi connectivity index (χ2v) is 2.91. The van der Waals surface area contributed by atoms with Gasteiger partial charge in [0.1, 0.15) is 0 Å². The predicted octanol–water partition coefficient (Wildman–Crippen LogP) is 1.81. The minimum Gasteiger partial charge on any atom is -0.478 e. The normalized spacial score (nSPS) is 11.0. The summed E-state index contributed by atoms with van der Waals surface area (Å²) in [6.45, 7) is 1.88. The first-order valence-electron chi connectivity index (χ1n) is 4.16. The first-order chi connectivity index (χ1) is 6.65. The Hall–Kier alpha value is -1.95. The Morgan fingerprint density at radius 1 is 1.79 bits per heavy atom. The fourth-order valence-electron chi connectivity index (χ4n) is 1.11. The molecule has 2 N–H and O–H groups in total. The number of rotatable bonds is 3. The number of hydrogen-bond donors (Lipinski definition) is 2. The molecule has 0 aliphatic carbocycles. The number of carboxylic acid groups (broad SMARTS) is 1. The quantitative estimate of drug-likeness (QED) is 0.562. The summed E-state index contributed by atoms with van der Waals surface area (Å²) in [5.74, 6) is 1.35. The minimum absolute atomic E-state index is 0.139. The predicted molar refractivity (Wildman–Crippen MR) is 54.6 cm³/mol. The van der Waals surface area contributed by atoms with E-state index in [1.165, 1.54) is 0 Å². The molecule has 0 spiro atoms. The van der Waals surface area contributed by atoms with Crippen LogP contribution in [0.5, 0.6) is 0 Å². The van der Waals surface area contributed by atoms with Gasteiger partial charge in [0, 0.05) is 23.9 Å². The van der Waals surface area contributed by atoms with Crippen molar-refractivity contribution in [1.29, 1.82) is 0 Å². The number of aliphatic carboxylic acids is 1. The maximum Gasteiger partial charge on any atom is 0.332 e. The fourth-order valence-corrected chi connectivity index (χ4v) is 1.11. The smallest absolute Gasteiger partial charge is 0.332 e. The van der Waals surface area contributed by atoms with E-state index in [9.17, 15) is 4.79 Å². The molecular formula is C11H11NO2. The van der Waals surface area contributed by atoms with Gasteiger partial charge in [-0.2, -0.15) is 0 Å². The fraction of sp³-hybridized carbons (Fsp3) is 0.182. The average molecular weight is 189 g/mol. The number of carbonyl (C=O) groups is 1. The zero-order valence-electron chi connectivity index (χ0n) is 7.87. The summed E-state index contributed by atoms with van der Waals surface area (Å²) in [7, 11) is 0. The van der Waals surface area contributed by atoms with Crippen LogP contribution in [0.2, 0.25) is 0 Å². The highest BCUT2D eigenvalue weighted by atomic mass is 16.4. The molecule has 0 saturated heterocycles. The molecule has 1 aromatic heterocycles. The van der Waals surface area contributed by atoms with Gasteiger partial charge in [0.15, 0.2) is 0 Å². The van der Waals surface area contributed by atoms with Gasteiger partial charge in [-0.1, -0.05) is 0 Å². The van der Waals surface area contributed by atoms with Crippen molar-refractivity contribution in [3.05, 3.63) is 29.1 Å². The van der Waals surface area contributed by atoms with Crippen LogP contribution in [-0.2, 0) is 4.79 Å². The van der Waals surface area contributed by atoms with Gasteiger partial charge in [0.2, 0.25) is 0 Å². The van der Waals surface area contributed by atoms with Crippen molar-refractivity contribution in [2.75, 3.05) is 0 Å². The molecular weight excluding hydrogens is 178 g/mol. The standard InChI is InChI=1S/C11H11NO2/c1-3-4-10(11(13)14)7-9-5-6-12-8(9)2/h1,5-7,12H,4H2,2H3,(H,13,14)/b10-7+. The number of aryl methyl sites for hydroxylation is 1. The molecule has 0 atom stereocenters. The first-order valence-corrected chi connectivity index (χ1v) is 4.16. The van der Waals surface area contributed by atoms with E-state index in [0.717, 1.165) is 11.3 Å². The third-order valence-electron chi connectivity index (χ3n) is 1.89. The highest BCUT2D eigenvalue weighted by Gasteiger charge is 2.06. The summed E-state index contributed by atoms with van der Waals surface area (Å²) in [6, 6.07) is 1.81. The lowest BCUT2D eigenvalue weighted by Crippen LogP contribution is -1.99. The molecule has 72 valence electrons. The van der Waals surface area contributed by atoms with Crippen molar-refractivity contribution < 1.29 is 9.90 Å². The van der Waals surface area contributed by atoms with Crippen LogP contribution in [0.1, 0.15) is 17.7 Å². The Bertz CT molecular complexity index is 407. The van der Waals surface area contributed by atoms with Crippen LogP contribution in [0.4, 0.5) is 0 Å². The topological polar surface area (TPSA) is 53.1 Å². The lowest BCUT2D eigenvalue weighted by molar-refractivity contribution is -0.132. The molecule has 0 aromatic carbocycles. The molecule has 0 aliphatic heterocycles. The molecule has 1 rings (SSSR count). The second kappa shape index (κ2) is 4.33. The van der Waals surface area contributed by atoms with E-state index >= 15 is 0 Å². The van der Waals surface area contributed by atoms with Gasteiger partial charge in [0.05, 0.1) is 0 Å². The molecule has 14 heavy (non-hydrogen) atoms. The summed E-state index contributed by atoms with van der Waals surface area (Å²) >= 11 is 0. The molecule has 3 heteroatoms. The van der Waals surface area contributed by atoms with Crippen LogP contribution >= 0.6 is 0 Å². The van der Waals surface area contributed by atoms with Gasteiger partial charge in [0.25, 0.3) is 0 Å². The van der Waals surface area contributed by atoms with Gasteiger partial charge in [-0.25, -0.2) is 4.79 Å². The van der Waals surface area contributed by atoms with Gasteiger partial charge < -0.3 is 10.1 Å². The molecule has 0 unspecified atom stereocenters. The summed E-state index contributed by atoms with van der Waals surface area (Å²) in [5.41, 5.74) is 2.02. The van der Waals surface area contributed by atoms with Crippen molar-refractivity contribution in [3.8, 4) is 12.3 Å². The Morgan fingerprint density at radius 2 is 2.50 bits per heavy atom. The number of hydrogen-bond acceptors (Lipinski definition) is 1. The van der Waals surface area contributed by atoms with E-state index in [1.807, 2.05) is 13.0 Å². The maximum atomic E-state index is 10.8. The van der Waals surface area contributed by atoms with Crippen molar-refractivity contribution in [3.63, 3.8) is 0 Å². The zero-order valence-corrected chi connectivity index (χ0v) is 7.87. The monoisotopic (exact) mass is 189 g/mol. The maximum absolute atomic E-state index is 10.8. The summed E-state index contributed by atoms with van der Waals surface area (Å²) in [6.07, 6.45) is 8.56. The molecule has 1 heterocycles. The van der Waals surface area contributed by atoms with E-state index in [0.29, 0.717) is 0 Å². The van der Waals surface area contributed by atoms with E-state index in [2.05, 4.69) is 10.9 Å². The van der Waals surface area contributed by atoms with Gasteiger partial charge >= 0.3 is 5.97 Å². The van der Waals surface area contributed by atoms with Crippen molar-refractivity contribution in [2.45, 2.75) is 13.3 Å².